The highest BCUT2D eigenvalue weighted by Crippen LogP contribution is 2.26. The van der Waals surface area contributed by atoms with Crippen LogP contribution in [0.4, 0.5) is 11.8 Å². The maximum absolute atomic E-state index is 4.67. The highest BCUT2D eigenvalue weighted by molar-refractivity contribution is 9.10. The SMILES string of the molecule is CC[C@H](C)Nc1nccc(N2CCc3cc(Br)ccc3C2)n1. The smallest absolute Gasteiger partial charge is 0.224 e. The molecule has 2 heterocycles. The van der Waals surface area contributed by atoms with Crippen molar-refractivity contribution in [3.63, 3.8) is 0 Å². The quantitative estimate of drug-likeness (QED) is 0.893. The van der Waals surface area contributed by atoms with Crippen molar-refractivity contribution >= 4 is 27.7 Å². The molecule has 3 rings (SSSR count). The highest BCUT2D eigenvalue weighted by atomic mass is 79.9. The van der Waals surface area contributed by atoms with Crippen LogP contribution in [0.1, 0.15) is 31.4 Å². The summed E-state index contributed by atoms with van der Waals surface area (Å²) in [5, 5.41) is 3.34. The standard InChI is InChI=1S/C17H21BrN4/c1-3-12(2)20-17-19-8-6-16(21-17)22-9-7-13-10-15(18)5-4-14(13)11-22/h4-6,8,10,12H,3,7,9,11H2,1-2H3,(H,19,20,21)/t12-/m0/s1. The molecule has 0 fully saturated rings. The summed E-state index contributed by atoms with van der Waals surface area (Å²) >= 11 is 3.55. The largest absolute Gasteiger partial charge is 0.352 e. The second-order valence-corrected chi connectivity index (χ2v) is 6.69. The van der Waals surface area contributed by atoms with Crippen molar-refractivity contribution < 1.29 is 0 Å². The lowest BCUT2D eigenvalue weighted by atomic mass is 10.00. The minimum absolute atomic E-state index is 0.384. The summed E-state index contributed by atoms with van der Waals surface area (Å²) in [6.07, 6.45) is 3.94. The Morgan fingerprint density at radius 3 is 3.00 bits per heavy atom. The van der Waals surface area contributed by atoms with Crippen molar-refractivity contribution in [2.45, 2.75) is 39.3 Å². The Balaban J connectivity index is 1.78. The zero-order valence-electron chi connectivity index (χ0n) is 13.0. The van der Waals surface area contributed by atoms with E-state index in [2.05, 4.69) is 68.2 Å². The van der Waals surface area contributed by atoms with Gasteiger partial charge < -0.3 is 10.2 Å². The summed E-state index contributed by atoms with van der Waals surface area (Å²) in [5.74, 6) is 1.71. The van der Waals surface area contributed by atoms with Gasteiger partial charge in [-0.05, 0) is 49.1 Å². The predicted octanol–water partition coefficient (Wildman–Crippen LogP) is 4.01. The summed E-state index contributed by atoms with van der Waals surface area (Å²) in [5.41, 5.74) is 2.81. The van der Waals surface area contributed by atoms with Crippen molar-refractivity contribution in [1.29, 1.82) is 0 Å². The second-order valence-electron chi connectivity index (χ2n) is 5.78. The van der Waals surface area contributed by atoms with E-state index in [4.69, 9.17) is 0 Å². The first-order valence-corrected chi connectivity index (χ1v) is 8.57. The van der Waals surface area contributed by atoms with Gasteiger partial charge in [-0.1, -0.05) is 28.9 Å². The molecular formula is C17H21BrN4. The zero-order valence-corrected chi connectivity index (χ0v) is 14.6. The lowest BCUT2D eigenvalue weighted by Crippen LogP contribution is -2.31. The minimum atomic E-state index is 0.384. The molecule has 0 bridgehead atoms. The van der Waals surface area contributed by atoms with E-state index in [0.29, 0.717) is 12.0 Å². The fourth-order valence-electron chi connectivity index (χ4n) is 2.63. The molecule has 0 amide bonds. The van der Waals surface area contributed by atoms with E-state index in [1.54, 1.807) is 0 Å². The Labute approximate surface area is 140 Å². The molecule has 4 nitrogen and oxygen atoms in total. The molecule has 1 aliphatic heterocycles. The van der Waals surface area contributed by atoms with E-state index in [9.17, 15) is 0 Å². The number of fused-ring (bicyclic) bond motifs is 1. The van der Waals surface area contributed by atoms with Gasteiger partial charge in [0, 0.05) is 29.8 Å². The van der Waals surface area contributed by atoms with E-state index in [0.717, 1.165) is 36.2 Å². The molecular weight excluding hydrogens is 340 g/mol. The van der Waals surface area contributed by atoms with Gasteiger partial charge in [0.15, 0.2) is 0 Å². The van der Waals surface area contributed by atoms with E-state index >= 15 is 0 Å². The topological polar surface area (TPSA) is 41.1 Å². The number of nitrogens with one attached hydrogen (secondary N) is 1. The molecule has 2 aromatic rings. The molecule has 22 heavy (non-hydrogen) atoms. The fourth-order valence-corrected chi connectivity index (χ4v) is 3.04. The van der Waals surface area contributed by atoms with Crippen LogP contribution in [-0.4, -0.2) is 22.6 Å². The van der Waals surface area contributed by atoms with E-state index in [1.807, 2.05) is 12.3 Å². The van der Waals surface area contributed by atoms with Crippen molar-refractivity contribution in [3.05, 3.63) is 46.1 Å². The van der Waals surface area contributed by atoms with Gasteiger partial charge in [0.2, 0.25) is 5.95 Å². The molecule has 1 atom stereocenters. The summed E-state index contributed by atoms with van der Waals surface area (Å²) in [4.78, 5) is 11.3. The van der Waals surface area contributed by atoms with E-state index in [-0.39, 0.29) is 0 Å². The summed E-state index contributed by atoms with van der Waals surface area (Å²) in [7, 11) is 0. The Hall–Kier alpha value is -1.62. The minimum Gasteiger partial charge on any atom is -0.352 e. The number of anilines is 2. The molecule has 1 aliphatic rings. The summed E-state index contributed by atoms with van der Waals surface area (Å²) in [6.45, 7) is 6.19. The van der Waals surface area contributed by atoms with Crippen LogP contribution in [0.25, 0.3) is 0 Å². The lowest BCUT2D eigenvalue weighted by Gasteiger charge is -2.30. The molecule has 0 saturated heterocycles. The monoisotopic (exact) mass is 360 g/mol. The zero-order chi connectivity index (χ0) is 15.5. The molecule has 5 heteroatoms. The van der Waals surface area contributed by atoms with E-state index in [1.165, 1.54) is 11.1 Å². The van der Waals surface area contributed by atoms with Crippen molar-refractivity contribution in [3.8, 4) is 0 Å². The van der Waals surface area contributed by atoms with E-state index < -0.39 is 0 Å². The van der Waals surface area contributed by atoms with Crippen LogP contribution in [0.15, 0.2) is 34.9 Å². The van der Waals surface area contributed by atoms with Crippen LogP contribution in [0.5, 0.6) is 0 Å². The average Bonchev–Trinajstić information content (AvgIpc) is 2.54. The van der Waals surface area contributed by atoms with Crippen molar-refractivity contribution in [2.24, 2.45) is 0 Å². The number of benzene rings is 1. The first-order valence-electron chi connectivity index (χ1n) is 7.77. The van der Waals surface area contributed by atoms with Crippen LogP contribution >= 0.6 is 15.9 Å². The fraction of sp³-hybridized carbons (Fsp3) is 0.412. The molecule has 0 aliphatic carbocycles. The summed E-state index contributed by atoms with van der Waals surface area (Å²) in [6, 6.07) is 8.91. The number of halogens is 1. The third-order valence-corrected chi connectivity index (χ3v) is 4.63. The molecule has 0 saturated carbocycles. The molecule has 1 N–H and O–H groups in total. The molecule has 0 unspecified atom stereocenters. The molecule has 0 spiro atoms. The molecule has 1 aromatic heterocycles. The first-order chi connectivity index (χ1) is 10.7. The average molecular weight is 361 g/mol. The van der Waals surface area contributed by atoms with Gasteiger partial charge in [-0.3, -0.25) is 0 Å². The molecule has 116 valence electrons. The third kappa shape index (κ3) is 3.40. The molecule has 1 aromatic carbocycles. The van der Waals surface area contributed by atoms with Gasteiger partial charge in [-0.2, -0.15) is 4.98 Å². The van der Waals surface area contributed by atoms with Crippen LogP contribution in [0.2, 0.25) is 0 Å². The Morgan fingerprint density at radius 1 is 1.32 bits per heavy atom. The third-order valence-electron chi connectivity index (χ3n) is 4.13. The number of aromatic nitrogens is 2. The Kier molecular flexibility index (Phi) is 4.62. The van der Waals surface area contributed by atoms with Gasteiger partial charge in [0.25, 0.3) is 0 Å². The maximum atomic E-state index is 4.67. The van der Waals surface area contributed by atoms with Crippen LogP contribution in [-0.2, 0) is 13.0 Å². The Bertz CT molecular complexity index is 659. The number of nitrogens with zero attached hydrogens (tertiary/aromatic N) is 3. The number of rotatable bonds is 4. The van der Waals surface area contributed by atoms with Gasteiger partial charge in [-0.15, -0.1) is 0 Å². The van der Waals surface area contributed by atoms with Gasteiger partial charge in [-0.25, -0.2) is 4.98 Å². The maximum Gasteiger partial charge on any atom is 0.224 e. The first kappa shape index (κ1) is 15.3. The number of hydrogen-bond donors (Lipinski definition) is 1. The predicted molar refractivity (Wildman–Crippen MR) is 94.3 cm³/mol. The lowest BCUT2D eigenvalue weighted by molar-refractivity contribution is 0.714. The van der Waals surface area contributed by atoms with Crippen LogP contribution in [0, 0.1) is 0 Å². The van der Waals surface area contributed by atoms with Crippen LogP contribution < -0.4 is 10.2 Å². The Morgan fingerprint density at radius 2 is 2.18 bits per heavy atom. The summed E-state index contributed by atoms with van der Waals surface area (Å²) < 4.78 is 1.15. The van der Waals surface area contributed by atoms with Gasteiger partial charge in [0.1, 0.15) is 5.82 Å². The normalized spacial score (nSPS) is 15.3. The van der Waals surface area contributed by atoms with Gasteiger partial charge >= 0.3 is 0 Å². The van der Waals surface area contributed by atoms with Gasteiger partial charge in [0.05, 0.1) is 0 Å². The number of hydrogen-bond acceptors (Lipinski definition) is 4. The van der Waals surface area contributed by atoms with Crippen molar-refractivity contribution in [2.75, 3.05) is 16.8 Å². The molecule has 0 radical (unpaired) electrons. The highest BCUT2D eigenvalue weighted by Gasteiger charge is 2.18. The van der Waals surface area contributed by atoms with Crippen LogP contribution in [0.3, 0.4) is 0 Å². The van der Waals surface area contributed by atoms with Crippen molar-refractivity contribution in [1.82, 2.24) is 9.97 Å². The second kappa shape index (κ2) is 6.65.